The summed E-state index contributed by atoms with van der Waals surface area (Å²) in [6.07, 6.45) is 0. The molecule has 0 atom stereocenters. The van der Waals surface area contributed by atoms with Gasteiger partial charge in [0.1, 0.15) is 23.0 Å². The molecule has 0 saturated heterocycles. The minimum Gasteiger partial charge on any atom is -0.495 e. The molecule has 0 saturated carbocycles. The summed E-state index contributed by atoms with van der Waals surface area (Å²) in [5, 5.41) is 9.74. The Kier molecular flexibility index (Phi) is 3.65. The number of carbonyl (C=O) groups is 1. The molecule has 1 aromatic heterocycles. The van der Waals surface area contributed by atoms with Crippen LogP contribution in [0.5, 0.6) is 5.75 Å². The summed E-state index contributed by atoms with van der Waals surface area (Å²) in [7, 11) is 1.48. The van der Waals surface area contributed by atoms with Crippen LogP contribution >= 0.6 is 0 Å². The molecule has 2 aromatic rings. The molecule has 1 heterocycles. The van der Waals surface area contributed by atoms with E-state index in [4.69, 9.17) is 19.2 Å². The standard InChI is InChI=1S/C16H17NO4/c1-9-12-11(7-6-10(8-17)14(12)19-5)20-13(9)15(18)21-16(2,3)4/h6-7H,1-5H3. The van der Waals surface area contributed by atoms with Gasteiger partial charge in [0.05, 0.1) is 18.1 Å². The van der Waals surface area contributed by atoms with Crippen LogP contribution in [0.2, 0.25) is 0 Å². The number of furan rings is 1. The number of nitriles is 1. The lowest BCUT2D eigenvalue weighted by Crippen LogP contribution is -2.23. The molecule has 0 bridgehead atoms. The molecule has 21 heavy (non-hydrogen) atoms. The lowest BCUT2D eigenvalue weighted by atomic mass is 10.1. The molecule has 0 aliphatic rings. The molecule has 2 rings (SSSR count). The first-order valence-electron chi connectivity index (χ1n) is 6.52. The van der Waals surface area contributed by atoms with E-state index in [1.807, 2.05) is 0 Å². The van der Waals surface area contributed by atoms with E-state index in [2.05, 4.69) is 6.07 Å². The summed E-state index contributed by atoms with van der Waals surface area (Å²) < 4.78 is 16.2. The SMILES string of the molecule is COc1c(C#N)ccc2oc(C(=O)OC(C)(C)C)c(C)c12. The zero-order chi connectivity index (χ0) is 15.8. The Hall–Kier alpha value is -2.48. The van der Waals surface area contributed by atoms with Crippen molar-refractivity contribution in [1.82, 2.24) is 0 Å². The number of rotatable bonds is 2. The second kappa shape index (κ2) is 5.13. The summed E-state index contributed by atoms with van der Waals surface area (Å²) >= 11 is 0. The van der Waals surface area contributed by atoms with Gasteiger partial charge >= 0.3 is 5.97 Å². The third-order valence-corrected chi connectivity index (χ3v) is 2.96. The van der Waals surface area contributed by atoms with E-state index in [0.717, 1.165) is 0 Å². The molecule has 0 fully saturated rings. The molecule has 0 radical (unpaired) electrons. The summed E-state index contributed by atoms with van der Waals surface area (Å²) in [4.78, 5) is 12.2. The molecule has 5 nitrogen and oxygen atoms in total. The fraction of sp³-hybridized carbons (Fsp3) is 0.375. The number of hydrogen-bond acceptors (Lipinski definition) is 5. The van der Waals surface area contributed by atoms with Crippen molar-refractivity contribution in [3.63, 3.8) is 0 Å². The van der Waals surface area contributed by atoms with Crippen molar-refractivity contribution < 1.29 is 18.7 Å². The molecular weight excluding hydrogens is 270 g/mol. The Morgan fingerprint density at radius 3 is 2.52 bits per heavy atom. The van der Waals surface area contributed by atoms with Crippen molar-refractivity contribution in [2.75, 3.05) is 7.11 Å². The number of esters is 1. The summed E-state index contributed by atoms with van der Waals surface area (Å²) in [5.41, 5.74) is 0.881. The molecule has 110 valence electrons. The third-order valence-electron chi connectivity index (χ3n) is 2.96. The van der Waals surface area contributed by atoms with Gasteiger partial charge in [0.25, 0.3) is 0 Å². The fourth-order valence-corrected chi connectivity index (χ4v) is 2.12. The Balaban J connectivity index is 2.62. The highest BCUT2D eigenvalue weighted by atomic mass is 16.6. The molecule has 0 aliphatic heterocycles. The van der Waals surface area contributed by atoms with Gasteiger partial charge in [-0.2, -0.15) is 5.26 Å². The maximum Gasteiger partial charge on any atom is 0.375 e. The average molecular weight is 287 g/mol. The van der Waals surface area contributed by atoms with E-state index in [-0.39, 0.29) is 5.76 Å². The van der Waals surface area contributed by atoms with Crippen molar-refractivity contribution >= 4 is 16.9 Å². The van der Waals surface area contributed by atoms with Gasteiger partial charge in [-0.15, -0.1) is 0 Å². The zero-order valence-electron chi connectivity index (χ0n) is 12.7. The van der Waals surface area contributed by atoms with Crippen LogP contribution in [0.3, 0.4) is 0 Å². The van der Waals surface area contributed by atoms with E-state index in [1.165, 1.54) is 7.11 Å². The van der Waals surface area contributed by atoms with E-state index in [0.29, 0.717) is 27.8 Å². The fourth-order valence-electron chi connectivity index (χ4n) is 2.12. The van der Waals surface area contributed by atoms with Crippen LogP contribution in [-0.4, -0.2) is 18.7 Å². The number of aryl methyl sites for hydroxylation is 1. The van der Waals surface area contributed by atoms with Gasteiger partial charge in [-0.25, -0.2) is 4.79 Å². The van der Waals surface area contributed by atoms with Gasteiger partial charge in [-0.05, 0) is 39.8 Å². The van der Waals surface area contributed by atoms with Crippen LogP contribution in [0, 0.1) is 18.3 Å². The Bertz CT molecular complexity index is 744. The van der Waals surface area contributed by atoms with Gasteiger partial charge in [0, 0.05) is 5.56 Å². The van der Waals surface area contributed by atoms with Crippen molar-refractivity contribution in [3.8, 4) is 11.8 Å². The number of hydrogen-bond donors (Lipinski definition) is 0. The van der Waals surface area contributed by atoms with E-state index >= 15 is 0 Å². The highest BCUT2D eigenvalue weighted by Gasteiger charge is 2.26. The Morgan fingerprint density at radius 1 is 1.33 bits per heavy atom. The second-order valence-electron chi connectivity index (χ2n) is 5.69. The largest absolute Gasteiger partial charge is 0.495 e. The third kappa shape index (κ3) is 2.70. The quantitative estimate of drug-likeness (QED) is 0.789. The highest BCUT2D eigenvalue weighted by molar-refractivity contribution is 5.99. The number of ether oxygens (including phenoxy) is 2. The Labute approximate surface area is 123 Å². The van der Waals surface area contributed by atoms with E-state index in [1.54, 1.807) is 39.8 Å². The molecule has 1 aromatic carbocycles. The second-order valence-corrected chi connectivity index (χ2v) is 5.69. The molecule has 0 amide bonds. The zero-order valence-corrected chi connectivity index (χ0v) is 12.7. The first-order chi connectivity index (χ1) is 9.78. The monoisotopic (exact) mass is 287 g/mol. The van der Waals surface area contributed by atoms with Crippen LogP contribution in [-0.2, 0) is 4.74 Å². The Morgan fingerprint density at radius 2 is 2.00 bits per heavy atom. The van der Waals surface area contributed by atoms with E-state index in [9.17, 15) is 4.79 Å². The predicted octanol–water partition coefficient (Wildman–Crippen LogP) is 3.58. The highest BCUT2D eigenvalue weighted by Crippen LogP contribution is 2.36. The van der Waals surface area contributed by atoms with Crippen LogP contribution in [0.15, 0.2) is 16.5 Å². The maximum atomic E-state index is 12.2. The number of nitrogens with zero attached hydrogens (tertiary/aromatic N) is 1. The molecular formula is C16H17NO4. The van der Waals surface area contributed by atoms with Crippen LogP contribution in [0.4, 0.5) is 0 Å². The number of fused-ring (bicyclic) bond motifs is 1. The molecule has 0 spiro atoms. The average Bonchev–Trinajstić information content (AvgIpc) is 2.73. The number of benzene rings is 1. The lowest BCUT2D eigenvalue weighted by molar-refractivity contribution is 0.00372. The first-order valence-corrected chi connectivity index (χ1v) is 6.52. The van der Waals surface area contributed by atoms with E-state index < -0.39 is 11.6 Å². The summed E-state index contributed by atoms with van der Waals surface area (Å²) in [6.45, 7) is 7.11. The molecule has 5 heteroatoms. The van der Waals surface area contributed by atoms with Gasteiger partial charge in [-0.3, -0.25) is 0 Å². The van der Waals surface area contributed by atoms with Gasteiger partial charge in [-0.1, -0.05) is 0 Å². The van der Waals surface area contributed by atoms with Crippen molar-refractivity contribution in [2.45, 2.75) is 33.3 Å². The predicted molar refractivity (Wildman–Crippen MR) is 77.4 cm³/mol. The lowest BCUT2D eigenvalue weighted by Gasteiger charge is -2.18. The minimum absolute atomic E-state index is 0.133. The van der Waals surface area contributed by atoms with Gasteiger partial charge in [0.15, 0.2) is 0 Å². The molecule has 0 unspecified atom stereocenters. The number of methoxy groups -OCH3 is 1. The minimum atomic E-state index is -0.607. The molecule has 0 aliphatic carbocycles. The summed E-state index contributed by atoms with van der Waals surface area (Å²) in [6, 6.07) is 5.31. The van der Waals surface area contributed by atoms with Crippen molar-refractivity contribution in [3.05, 3.63) is 29.0 Å². The van der Waals surface area contributed by atoms with Crippen molar-refractivity contribution in [2.24, 2.45) is 0 Å². The van der Waals surface area contributed by atoms with Crippen LogP contribution < -0.4 is 4.74 Å². The summed E-state index contributed by atoms with van der Waals surface area (Å²) in [5.74, 6) is 0.0103. The van der Waals surface area contributed by atoms with Gasteiger partial charge in [0.2, 0.25) is 5.76 Å². The van der Waals surface area contributed by atoms with Crippen molar-refractivity contribution in [1.29, 1.82) is 5.26 Å². The normalized spacial score (nSPS) is 11.2. The topological polar surface area (TPSA) is 72.5 Å². The number of carbonyl (C=O) groups excluding carboxylic acids is 1. The maximum absolute atomic E-state index is 12.2. The first kappa shape index (κ1) is 14.9. The van der Waals surface area contributed by atoms with Gasteiger partial charge < -0.3 is 13.9 Å². The smallest absolute Gasteiger partial charge is 0.375 e. The molecule has 0 N–H and O–H groups in total. The van der Waals surface area contributed by atoms with Crippen LogP contribution in [0.1, 0.15) is 42.5 Å². The van der Waals surface area contributed by atoms with Crippen LogP contribution in [0.25, 0.3) is 11.0 Å².